The van der Waals surface area contributed by atoms with E-state index in [-0.39, 0.29) is 17.8 Å². The van der Waals surface area contributed by atoms with Crippen LogP contribution in [0.25, 0.3) is 0 Å². The van der Waals surface area contributed by atoms with E-state index in [4.69, 9.17) is 4.74 Å². The van der Waals surface area contributed by atoms with Crippen LogP contribution in [-0.2, 0) is 9.53 Å². The Balaban J connectivity index is 2.87. The van der Waals surface area contributed by atoms with E-state index in [9.17, 15) is 4.79 Å². The van der Waals surface area contributed by atoms with E-state index in [2.05, 4.69) is 36.4 Å². The number of ether oxygens (including phenoxy) is 1. The van der Waals surface area contributed by atoms with E-state index in [0.29, 0.717) is 3.92 Å². The zero-order valence-corrected chi connectivity index (χ0v) is 10.6. The Labute approximate surface area is 92.9 Å². The largest absolute Gasteiger partial charge is 0.493 e. The van der Waals surface area contributed by atoms with Crippen molar-refractivity contribution in [3.8, 4) is 0 Å². The predicted molar refractivity (Wildman–Crippen MR) is 60.9 cm³/mol. The molecule has 3 heteroatoms. The predicted octanol–water partition coefficient (Wildman–Crippen LogP) is 2.71. The molecule has 0 saturated carbocycles. The molecule has 0 spiro atoms. The molecule has 1 rings (SSSR count). The smallest absolute Gasteiger partial charge is 0.159 e. The summed E-state index contributed by atoms with van der Waals surface area (Å²) in [5, 5.41) is 0. The number of rotatable bonds is 2. The molecule has 0 aliphatic carbocycles. The van der Waals surface area contributed by atoms with E-state index < -0.39 is 0 Å². The van der Waals surface area contributed by atoms with Crippen LogP contribution in [0.15, 0.2) is 11.3 Å². The fraction of sp³-hybridized carbons (Fsp3) is 0.700. The minimum absolute atomic E-state index is 0.143. The van der Waals surface area contributed by atoms with Gasteiger partial charge in [0, 0.05) is 15.4 Å². The Morgan fingerprint density at radius 3 is 2.38 bits per heavy atom. The zero-order chi connectivity index (χ0) is 10.2. The molecule has 13 heavy (non-hydrogen) atoms. The van der Waals surface area contributed by atoms with Crippen LogP contribution >= 0.6 is 22.6 Å². The lowest BCUT2D eigenvalue weighted by Gasteiger charge is -2.19. The van der Waals surface area contributed by atoms with Crippen LogP contribution in [0.2, 0.25) is 0 Å². The Hall–Kier alpha value is -0.0600. The van der Waals surface area contributed by atoms with E-state index in [1.54, 1.807) is 6.92 Å². The van der Waals surface area contributed by atoms with Gasteiger partial charge in [0.15, 0.2) is 5.78 Å². The Bertz CT molecular complexity index is 256. The van der Waals surface area contributed by atoms with Crippen LogP contribution in [0.4, 0.5) is 0 Å². The first-order chi connectivity index (χ1) is 5.95. The number of Topliss-reactive ketones (excluding diaryl/α,β-unsaturated/α-hetero) is 1. The van der Waals surface area contributed by atoms with Crippen molar-refractivity contribution in [2.24, 2.45) is 5.92 Å². The van der Waals surface area contributed by atoms with Gasteiger partial charge < -0.3 is 4.74 Å². The van der Waals surface area contributed by atoms with Gasteiger partial charge in [-0.1, -0.05) is 29.5 Å². The summed E-state index contributed by atoms with van der Waals surface area (Å²) in [6.45, 7) is 7.66. The lowest BCUT2D eigenvalue weighted by Crippen LogP contribution is -2.25. The van der Waals surface area contributed by atoms with Gasteiger partial charge in [-0.3, -0.25) is 4.79 Å². The summed E-state index contributed by atoms with van der Waals surface area (Å²) < 4.78 is 6.09. The van der Waals surface area contributed by atoms with Crippen LogP contribution in [0.1, 0.15) is 27.7 Å². The van der Waals surface area contributed by atoms with E-state index in [1.807, 2.05) is 6.92 Å². The van der Waals surface area contributed by atoms with Crippen LogP contribution in [0, 0.1) is 5.92 Å². The number of alkyl halides is 1. The second-order valence-electron chi connectivity index (χ2n) is 3.57. The summed E-state index contributed by atoms with van der Waals surface area (Å²) in [6.07, 6.45) is 0.166. The second-order valence-corrected chi connectivity index (χ2v) is 5.54. The lowest BCUT2D eigenvalue weighted by molar-refractivity contribution is -0.114. The highest BCUT2D eigenvalue weighted by molar-refractivity contribution is 14.1. The molecule has 0 amide bonds. The molecule has 0 bridgehead atoms. The maximum atomic E-state index is 11.3. The average Bonchev–Trinajstić information content (AvgIpc) is 2.26. The van der Waals surface area contributed by atoms with Crippen molar-refractivity contribution in [1.29, 1.82) is 0 Å². The first-order valence-corrected chi connectivity index (χ1v) is 5.72. The monoisotopic (exact) mass is 294 g/mol. The van der Waals surface area contributed by atoms with Crippen molar-refractivity contribution in [3.63, 3.8) is 0 Å². The maximum Gasteiger partial charge on any atom is 0.159 e. The molecule has 0 aromatic heterocycles. The van der Waals surface area contributed by atoms with Crippen LogP contribution in [0.3, 0.4) is 0 Å². The maximum absolute atomic E-state index is 11.3. The molecule has 0 radical (unpaired) electrons. The molecule has 1 aliphatic heterocycles. The highest BCUT2D eigenvalue weighted by Gasteiger charge is 2.36. The second kappa shape index (κ2) is 3.98. The highest BCUT2D eigenvalue weighted by atomic mass is 127. The molecule has 0 unspecified atom stereocenters. The molecule has 74 valence electrons. The fourth-order valence-corrected chi connectivity index (χ4v) is 2.68. The highest BCUT2D eigenvalue weighted by Crippen LogP contribution is 2.35. The number of allylic oxidation sites excluding steroid dienone is 1. The van der Waals surface area contributed by atoms with E-state index in [1.165, 1.54) is 0 Å². The number of carbonyl (C=O) groups excluding carboxylic acids is 1. The Kier molecular flexibility index (Phi) is 3.38. The van der Waals surface area contributed by atoms with Crippen molar-refractivity contribution in [2.75, 3.05) is 0 Å². The SMILES string of the molecule is CC(=O)C1=C(C)O[C@@H]([C@@H](C)I)[C@@H]1C. The molecule has 1 heterocycles. The van der Waals surface area contributed by atoms with Gasteiger partial charge >= 0.3 is 0 Å². The summed E-state index contributed by atoms with van der Waals surface area (Å²) in [5.41, 5.74) is 0.869. The third-order valence-corrected chi connectivity index (χ3v) is 3.18. The van der Waals surface area contributed by atoms with E-state index in [0.717, 1.165) is 11.3 Å². The minimum atomic E-state index is 0.143. The van der Waals surface area contributed by atoms with Crippen LogP contribution in [0.5, 0.6) is 0 Å². The van der Waals surface area contributed by atoms with Crippen molar-refractivity contribution in [2.45, 2.75) is 37.7 Å². The van der Waals surface area contributed by atoms with Crippen molar-refractivity contribution in [1.82, 2.24) is 0 Å². The van der Waals surface area contributed by atoms with Gasteiger partial charge in [0.2, 0.25) is 0 Å². The summed E-state index contributed by atoms with van der Waals surface area (Å²) in [5.74, 6) is 1.20. The van der Waals surface area contributed by atoms with Gasteiger partial charge in [-0.15, -0.1) is 0 Å². The van der Waals surface area contributed by atoms with Crippen LogP contribution in [-0.4, -0.2) is 15.8 Å². The molecule has 0 fully saturated rings. The van der Waals surface area contributed by atoms with E-state index >= 15 is 0 Å². The number of hydrogen-bond donors (Lipinski definition) is 0. The van der Waals surface area contributed by atoms with Gasteiger partial charge in [0.1, 0.15) is 11.9 Å². The lowest BCUT2D eigenvalue weighted by atomic mass is 9.93. The zero-order valence-electron chi connectivity index (χ0n) is 8.43. The Morgan fingerprint density at radius 2 is 2.15 bits per heavy atom. The van der Waals surface area contributed by atoms with Gasteiger partial charge in [-0.05, 0) is 20.8 Å². The first kappa shape index (κ1) is 11.0. The molecule has 0 aromatic rings. The van der Waals surface area contributed by atoms with Crippen molar-refractivity contribution < 1.29 is 9.53 Å². The topological polar surface area (TPSA) is 26.3 Å². The van der Waals surface area contributed by atoms with Gasteiger partial charge in [0.25, 0.3) is 0 Å². The van der Waals surface area contributed by atoms with Gasteiger partial charge in [-0.25, -0.2) is 0 Å². The van der Waals surface area contributed by atoms with Gasteiger partial charge in [0.05, 0.1) is 0 Å². The number of ketones is 1. The summed E-state index contributed by atoms with van der Waals surface area (Å²) in [6, 6.07) is 0. The number of carbonyl (C=O) groups is 1. The molecule has 0 N–H and O–H groups in total. The first-order valence-electron chi connectivity index (χ1n) is 4.47. The molecular formula is C10H15IO2. The molecule has 3 atom stereocenters. The fourth-order valence-electron chi connectivity index (χ4n) is 1.91. The molecule has 0 aromatic carbocycles. The van der Waals surface area contributed by atoms with Crippen LogP contribution < -0.4 is 0 Å². The molecule has 0 saturated heterocycles. The summed E-state index contributed by atoms with van der Waals surface area (Å²) >= 11 is 2.34. The number of halogens is 1. The molecule has 2 nitrogen and oxygen atoms in total. The quantitative estimate of drug-likeness (QED) is 0.578. The third kappa shape index (κ3) is 2.06. The Morgan fingerprint density at radius 1 is 1.62 bits per heavy atom. The molecular weight excluding hydrogens is 279 g/mol. The molecule has 1 aliphatic rings. The summed E-state index contributed by atoms with van der Waals surface area (Å²) in [4.78, 5) is 11.3. The number of hydrogen-bond acceptors (Lipinski definition) is 2. The average molecular weight is 294 g/mol. The van der Waals surface area contributed by atoms with Crippen molar-refractivity contribution in [3.05, 3.63) is 11.3 Å². The summed E-state index contributed by atoms with van der Waals surface area (Å²) in [7, 11) is 0. The minimum Gasteiger partial charge on any atom is -0.493 e. The standard InChI is InChI=1S/C10H15IO2/c1-5-9(7(3)12)8(4)13-10(5)6(2)11/h5-6,10H,1-4H3/t5-,6-,10-/m1/s1. The third-order valence-electron chi connectivity index (χ3n) is 2.47. The van der Waals surface area contributed by atoms with Crippen molar-refractivity contribution >= 4 is 28.4 Å². The van der Waals surface area contributed by atoms with Gasteiger partial charge in [-0.2, -0.15) is 0 Å². The normalized spacial score (nSPS) is 30.2.